The molecule has 1 aromatic heterocycles. The van der Waals surface area contributed by atoms with Gasteiger partial charge in [0.05, 0.1) is 0 Å². The maximum absolute atomic E-state index is 10.8. The molecule has 0 amide bonds. The normalized spacial score (nSPS) is 12.1. The molecular formula is C10H15N3O2. The van der Waals surface area contributed by atoms with Gasteiger partial charge in [0.1, 0.15) is 6.04 Å². The highest BCUT2D eigenvalue weighted by atomic mass is 16.4. The first-order valence-corrected chi connectivity index (χ1v) is 4.66. The SMILES string of the molecule is CNC(CN(C)c1ccncc1)C(=O)O. The van der Waals surface area contributed by atoms with Crippen LogP contribution in [0.2, 0.25) is 0 Å². The first-order valence-electron chi connectivity index (χ1n) is 4.66. The molecule has 0 bridgehead atoms. The Balaban J connectivity index is 2.62. The van der Waals surface area contributed by atoms with Crippen molar-refractivity contribution >= 4 is 11.7 Å². The number of aliphatic carboxylic acids is 1. The summed E-state index contributed by atoms with van der Waals surface area (Å²) in [5.41, 5.74) is 0.950. The number of likely N-dealkylation sites (N-methyl/N-ethyl adjacent to an activating group) is 2. The van der Waals surface area contributed by atoms with E-state index < -0.39 is 12.0 Å². The van der Waals surface area contributed by atoms with Crippen LogP contribution >= 0.6 is 0 Å². The van der Waals surface area contributed by atoms with Gasteiger partial charge in [-0.2, -0.15) is 0 Å². The van der Waals surface area contributed by atoms with E-state index in [-0.39, 0.29) is 0 Å². The van der Waals surface area contributed by atoms with E-state index in [0.29, 0.717) is 6.54 Å². The lowest BCUT2D eigenvalue weighted by molar-refractivity contribution is -0.139. The van der Waals surface area contributed by atoms with Crippen LogP contribution in [0.15, 0.2) is 24.5 Å². The third-order valence-electron chi connectivity index (χ3n) is 2.21. The minimum absolute atomic E-state index is 0.413. The van der Waals surface area contributed by atoms with Crippen molar-refractivity contribution < 1.29 is 9.90 Å². The Bertz CT molecular complexity index is 316. The maximum Gasteiger partial charge on any atom is 0.322 e. The number of nitrogens with one attached hydrogen (secondary N) is 1. The monoisotopic (exact) mass is 209 g/mol. The van der Waals surface area contributed by atoms with E-state index in [9.17, 15) is 4.79 Å². The average molecular weight is 209 g/mol. The van der Waals surface area contributed by atoms with Gasteiger partial charge in [-0.3, -0.25) is 9.78 Å². The molecule has 1 aromatic rings. The number of hydrogen-bond acceptors (Lipinski definition) is 4. The van der Waals surface area contributed by atoms with Crippen LogP contribution in [-0.2, 0) is 4.79 Å². The molecule has 0 aromatic carbocycles. The fourth-order valence-corrected chi connectivity index (χ4v) is 1.27. The lowest BCUT2D eigenvalue weighted by Gasteiger charge is -2.22. The Morgan fingerprint density at radius 1 is 1.60 bits per heavy atom. The number of carboxylic acid groups (broad SMARTS) is 1. The molecule has 1 rings (SSSR count). The molecule has 0 saturated carbocycles. The third-order valence-corrected chi connectivity index (χ3v) is 2.21. The number of pyridine rings is 1. The predicted molar refractivity (Wildman–Crippen MR) is 58.0 cm³/mol. The van der Waals surface area contributed by atoms with Crippen LogP contribution in [0.25, 0.3) is 0 Å². The van der Waals surface area contributed by atoms with E-state index in [1.54, 1.807) is 19.4 Å². The third kappa shape index (κ3) is 3.21. The van der Waals surface area contributed by atoms with Crippen LogP contribution < -0.4 is 10.2 Å². The summed E-state index contributed by atoms with van der Waals surface area (Å²) in [5.74, 6) is -0.849. The van der Waals surface area contributed by atoms with Crippen molar-refractivity contribution in [3.8, 4) is 0 Å². The van der Waals surface area contributed by atoms with Crippen molar-refractivity contribution in [2.45, 2.75) is 6.04 Å². The van der Waals surface area contributed by atoms with E-state index in [2.05, 4.69) is 10.3 Å². The first-order chi connectivity index (χ1) is 7.15. The zero-order valence-corrected chi connectivity index (χ0v) is 8.84. The van der Waals surface area contributed by atoms with Crippen LogP contribution in [0.3, 0.4) is 0 Å². The summed E-state index contributed by atoms with van der Waals surface area (Å²) in [4.78, 5) is 16.6. The predicted octanol–water partition coefficient (Wildman–Crippen LogP) is 0.190. The number of nitrogens with zero attached hydrogens (tertiary/aromatic N) is 2. The molecule has 2 N–H and O–H groups in total. The number of carbonyl (C=O) groups is 1. The number of carboxylic acids is 1. The average Bonchev–Trinajstić information content (AvgIpc) is 2.26. The standard InChI is InChI=1S/C10H15N3O2/c1-11-9(10(14)15)7-13(2)8-3-5-12-6-4-8/h3-6,9,11H,7H2,1-2H3,(H,14,15). The molecule has 0 aliphatic heterocycles. The van der Waals surface area contributed by atoms with Crippen molar-refractivity contribution in [3.05, 3.63) is 24.5 Å². The van der Waals surface area contributed by atoms with Gasteiger partial charge in [-0.05, 0) is 19.2 Å². The van der Waals surface area contributed by atoms with Gasteiger partial charge in [-0.25, -0.2) is 0 Å². The summed E-state index contributed by atoms with van der Waals surface area (Å²) in [5, 5.41) is 11.6. The molecule has 0 saturated heterocycles. The van der Waals surface area contributed by atoms with Crippen LogP contribution in [-0.4, -0.2) is 42.7 Å². The highest BCUT2D eigenvalue weighted by Gasteiger charge is 2.16. The Kier molecular flexibility index (Phi) is 4.05. The van der Waals surface area contributed by atoms with Crippen LogP contribution in [0.5, 0.6) is 0 Å². The largest absolute Gasteiger partial charge is 0.480 e. The number of hydrogen-bond donors (Lipinski definition) is 2. The van der Waals surface area contributed by atoms with E-state index in [1.165, 1.54) is 0 Å². The molecular weight excluding hydrogens is 194 g/mol. The van der Waals surface area contributed by atoms with Gasteiger partial charge in [0.2, 0.25) is 0 Å². The Labute approximate surface area is 88.7 Å². The summed E-state index contributed by atoms with van der Waals surface area (Å²) < 4.78 is 0. The Morgan fingerprint density at radius 2 is 2.20 bits per heavy atom. The minimum Gasteiger partial charge on any atom is -0.480 e. The lowest BCUT2D eigenvalue weighted by Crippen LogP contribution is -2.43. The molecule has 0 aliphatic carbocycles. The number of aromatic nitrogens is 1. The number of anilines is 1. The molecule has 0 spiro atoms. The second-order valence-corrected chi connectivity index (χ2v) is 3.27. The quantitative estimate of drug-likeness (QED) is 0.724. The zero-order valence-electron chi connectivity index (χ0n) is 8.84. The fourth-order valence-electron chi connectivity index (χ4n) is 1.27. The molecule has 15 heavy (non-hydrogen) atoms. The highest BCUT2D eigenvalue weighted by molar-refractivity contribution is 5.74. The van der Waals surface area contributed by atoms with Crippen molar-refractivity contribution in [2.24, 2.45) is 0 Å². The van der Waals surface area contributed by atoms with Gasteiger partial charge < -0.3 is 15.3 Å². The van der Waals surface area contributed by atoms with E-state index in [0.717, 1.165) is 5.69 Å². The molecule has 1 atom stereocenters. The van der Waals surface area contributed by atoms with Crippen LogP contribution in [0, 0.1) is 0 Å². The van der Waals surface area contributed by atoms with Gasteiger partial charge in [0.15, 0.2) is 0 Å². The van der Waals surface area contributed by atoms with Gasteiger partial charge in [-0.1, -0.05) is 0 Å². The summed E-state index contributed by atoms with van der Waals surface area (Å²) in [6.45, 7) is 0.413. The smallest absolute Gasteiger partial charge is 0.322 e. The fraction of sp³-hybridized carbons (Fsp3) is 0.400. The molecule has 5 heteroatoms. The zero-order chi connectivity index (χ0) is 11.3. The van der Waals surface area contributed by atoms with E-state index in [4.69, 9.17) is 5.11 Å². The van der Waals surface area contributed by atoms with Gasteiger partial charge in [-0.15, -0.1) is 0 Å². The maximum atomic E-state index is 10.8. The van der Waals surface area contributed by atoms with Crippen molar-refractivity contribution in [3.63, 3.8) is 0 Å². The van der Waals surface area contributed by atoms with E-state index in [1.807, 2.05) is 24.1 Å². The molecule has 82 valence electrons. The topological polar surface area (TPSA) is 65.5 Å². The van der Waals surface area contributed by atoms with Gasteiger partial charge >= 0.3 is 5.97 Å². The van der Waals surface area contributed by atoms with Crippen LogP contribution in [0.1, 0.15) is 0 Å². The van der Waals surface area contributed by atoms with Gasteiger partial charge in [0.25, 0.3) is 0 Å². The summed E-state index contributed by atoms with van der Waals surface area (Å²) >= 11 is 0. The highest BCUT2D eigenvalue weighted by Crippen LogP contribution is 2.09. The summed E-state index contributed by atoms with van der Waals surface area (Å²) in [6.07, 6.45) is 3.36. The Morgan fingerprint density at radius 3 is 2.67 bits per heavy atom. The van der Waals surface area contributed by atoms with Crippen molar-refractivity contribution in [1.29, 1.82) is 0 Å². The molecule has 0 radical (unpaired) electrons. The van der Waals surface area contributed by atoms with Crippen molar-refractivity contribution in [1.82, 2.24) is 10.3 Å². The van der Waals surface area contributed by atoms with E-state index >= 15 is 0 Å². The molecule has 5 nitrogen and oxygen atoms in total. The molecule has 0 fully saturated rings. The van der Waals surface area contributed by atoms with Crippen molar-refractivity contribution in [2.75, 3.05) is 25.5 Å². The minimum atomic E-state index is -0.849. The summed E-state index contributed by atoms with van der Waals surface area (Å²) in [6, 6.07) is 3.12. The molecule has 1 heterocycles. The summed E-state index contributed by atoms with van der Waals surface area (Å²) in [7, 11) is 3.49. The lowest BCUT2D eigenvalue weighted by atomic mass is 10.2. The second-order valence-electron chi connectivity index (χ2n) is 3.27. The second kappa shape index (κ2) is 5.31. The first kappa shape index (κ1) is 11.5. The number of rotatable bonds is 5. The van der Waals surface area contributed by atoms with Gasteiger partial charge in [0, 0.05) is 31.7 Å². The molecule has 0 aliphatic rings. The van der Waals surface area contributed by atoms with Crippen LogP contribution in [0.4, 0.5) is 5.69 Å². The molecule has 1 unspecified atom stereocenters. The Hall–Kier alpha value is -1.62.